The van der Waals surface area contributed by atoms with Crippen LogP contribution in [-0.2, 0) is 22.5 Å². The number of ether oxygens (including phenoxy) is 2. The molecule has 0 spiro atoms. The van der Waals surface area contributed by atoms with E-state index < -0.39 is 0 Å². The Morgan fingerprint density at radius 3 is 2.27 bits per heavy atom. The lowest BCUT2D eigenvalue weighted by Crippen LogP contribution is -2.39. The van der Waals surface area contributed by atoms with E-state index in [9.17, 15) is 4.79 Å². The van der Waals surface area contributed by atoms with Crippen molar-refractivity contribution in [1.82, 2.24) is 0 Å². The molecule has 0 saturated heterocycles. The minimum Gasteiger partial charge on any atom is -0.457 e. The summed E-state index contributed by atoms with van der Waals surface area (Å²) in [5, 5.41) is 0. The molecule has 0 amide bonds. The monoisotopic (exact) mass is 454 g/mol. The van der Waals surface area contributed by atoms with E-state index in [0.29, 0.717) is 6.42 Å². The maximum atomic E-state index is 12.1. The van der Waals surface area contributed by atoms with Crippen LogP contribution in [0.5, 0.6) is 5.75 Å². The van der Waals surface area contributed by atoms with Gasteiger partial charge in [0.2, 0.25) is 6.79 Å². The van der Waals surface area contributed by atoms with Gasteiger partial charge in [0.1, 0.15) is 12.3 Å². The Kier molecular flexibility index (Phi) is 12.6. The quantitative estimate of drug-likeness (QED) is 0.113. The molecule has 0 aliphatic carbocycles. The lowest BCUT2D eigenvalue weighted by molar-refractivity contribution is -0.903. The van der Waals surface area contributed by atoms with Crippen LogP contribution in [0.1, 0.15) is 75.8 Å². The summed E-state index contributed by atoms with van der Waals surface area (Å²) in [6, 6.07) is 18.6. The normalized spacial score (nSPS) is 11.4. The van der Waals surface area contributed by atoms with Gasteiger partial charge >= 0.3 is 5.97 Å². The molecular weight excluding hydrogens is 410 g/mol. The second kappa shape index (κ2) is 15.5. The fraction of sp³-hybridized carbons (Fsp3) is 0.552. The first-order valence-electron chi connectivity index (χ1n) is 12.7. The number of rotatable bonds is 17. The summed E-state index contributed by atoms with van der Waals surface area (Å²) in [6.07, 6.45) is 11.5. The summed E-state index contributed by atoms with van der Waals surface area (Å²) >= 11 is 0. The third-order valence-electron chi connectivity index (χ3n) is 6.01. The Balaban J connectivity index is 1.58. The molecule has 182 valence electrons. The van der Waals surface area contributed by atoms with Crippen LogP contribution >= 0.6 is 0 Å². The average Bonchev–Trinajstić information content (AvgIpc) is 2.79. The first kappa shape index (κ1) is 26.9. The number of hydrogen-bond acceptors (Lipinski definition) is 3. The maximum absolute atomic E-state index is 12.1. The van der Waals surface area contributed by atoms with Gasteiger partial charge in [0.05, 0.1) is 27.1 Å². The SMILES string of the molecule is CCCCCCCCCc1cccc(OCOC(=O)CCC[N+](C)(C)Cc2ccccc2)c1. The lowest BCUT2D eigenvalue weighted by Gasteiger charge is -2.29. The topological polar surface area (TPSA) is 35.5 Å². The number of benzene rings is 2. The van der Waals surface area contributed by atoms with Gasteiger partial charge in [-0.15, -0.1) is 0 Å². The molecule has 0 aliphatic heterocycles. The van der Waals surface area contributed by atoms with Crippen molar-refractivity contribution in [3.63, 3.8) is 0 Å². The Hall–Kier alpha value is -2.33. The van der Waals surface area contributed by atoms with E-state index in [4.69, 9.17) is 9.47 Å². The van der Waals surface area contributed by atoms with E-state index in [-0.39, 0.29) is 12.8 Å². The van der Waals surface area contributed by atoms with E-state index in [1.54, 1.807) is 0 Å². The molecule has 0 atom stereocenters. The van der Waals surface area contributed by atoms with Crippen LogP contribution in [0.3, 0.4) is 0 Å². The van der Waals surface area contributed by atoms with Crippen LogP contribution in [0.25, 0.3) is 0 Å². The van der Waals surface area contributed by atoms with Crippen molar-refractivity contribution in [1.29, 1.82) is 0 Å². The molecule has 2 rings (SSSR count). The van der Waals surface area contributed by atoms with Crippen LogP contribution in [0.2, 0.25) is 0 Å². The second-order valence-corrected chi connectivity index (χ2v) is 9.70. The smallest absolute Gasteiger partial charge is 0.308 e. The molecule has 0 aromatic heterocycles. The maximum Gasteiger partial charge on any atom is 0.308 e. The van der Waals surface area contributed by atoms with Gasteiger partial charge in [-0.2, -0.15) is 0 Å². The molecule has 0 saturated carbocycles. The molecule has 4 heteroatoms. The van der Waals surface area contributed by atoms with Crippen LogP contribution in [0.4, 0.5) is 0 Å². The van der Waals surface area contributed by atoms with Gasteiger partial charge in [0.15, 0.2) is 0 Å². The van der Waals surface area contributed by atoms with Crippen molar-refractivity contribution in [3.8, 4) is 5.75 Å². The van der Waals surface area contributed by atoms with Crippen molar-refractivity contribution >= 4 is 5.97 Å². The van der Waals surface area contributed by atoms with Crippen LogP contribution in [-0.4, -0.2) is 37.9 Å². The largest absolute Gasteiger partial charge is 0.457 e. The van der Waals surface area contributed by atoms with Gasteiger partial charge < -0.3 is 14.0 Å². The van der Waals surface area contributed by atoms with E-state index in [1.807, 2.05) is 18.2 Å². The Bertz CT molecular complexity index is 788. The molecule has 2 aromatic rings. The summed E-state index contributed by atoms with van der Waals surface area (Å²) in [7, 11) is 4.39. The highest BCUT2D eigenvalue weighted by molar-refractivity contribution is 5.69. The zero-order chi connectivity index (χ0) is 23.8. The zero-order valence-electron chi connectivity index (χ0n) is 21.1. The zero-order valence-corrected chi connectivity index (χ0v) is 21.1. The minimum atomic E-state index is -0.200. The number of quaternary nitrogens is 1. The molecular formula is C29H44NO3+. The second-order valence-electron chi connectivity index (χ2n) is 9.70. The molecule has 2 aromatic carbocycles. The molecule has 0 radical (unpaired) electrons. The molecule has 0 heterocycles. The van der Waals surface area contributed by atoms with Crippen molar-refractivity contribution in [3.05, 3.63) is 65.7 Å². The Morgan fingerprint density at radius 1 is 0.818 bits per heavy atom. The van der Waals surface area contributed by atoms with Crippen LogP contribution < -0.4 is 4.74 Å². The molecule has 0 bridgehead atoms. The molecule has 0 unspecified atom stereocenters. The predicted octanol–water partition coefficient (Wildman–Crippen LogP) is 6.92. The molecule has 0 fully saturated rings. The number of unbranched alkanes of at least 4 members (excludes halogenated alkanes) is 6. The molecule has 33 heavy (non-hydrogen) atoms. The van der Waals surface area contributed by atoms with Crippen molar-refractivity contribution < 1.29 is 18.8 Å². The molecule has 0 N–H and O–H groups in total. The van der Waals surface area contributed by atoms with Gasteiger partial charge in [-0.25, -0.2) is 0 Å². The fourth-order valence-electron chi connectivity index (χ4n) is 4.12. The van der Waals surface area contributed by atoms with Gasteiger partial charge in [0.25, 0.3) is 0 Å². The van der Waals surface area contributed by atoms with Gasteiger partial charge in [-0.05, 0) is 30.5 Å². The summed E-state index contributed by atoms with van der Waals surface area (Å²) in [5.41, 5.74) is 2.60. The van der Waals surface area contributed by atoms with E-state index in [0.717, 1.165) is 36.2 Å². The van der Waals surface area contributed by atoms with E-state index >= 15 is 0 Å². The average molecular weight is 455 g/mol. The first-order valence-corrected chi connectivity index (χ1v) is 12.7. The van der Waals surface area contributed by atoms with Crippen molar-refractivity contribution in [2.45, 2.75) is 77.7 Å². The highest BCUT2D eigenvalue weighted by atomic mass is 16.7. The third kappa shape index (κ3) is 12.5. The highest BCUT2D eigenvalue weighted by Gasteiger charge is 2.16. The number of carbonyl (C=O) groups excluding carboxylic acids is 1. The highest BCUT2D eigenvalue weighted by Crippen LogP contribution is 2.17. The number of esters is 1. The predicted molar refractivity (Wildman–Crippen MR) is 136 cm³/mol. The number of nitrogens with zero attached hydrogens (tertiary/aromatic N) is 1. The Labute approximate surface area is 201 Å². The molecule has 4 nitrogen and oxygen atoms in total. The fourth-order valence-corrected chi connectivity index (χ4v) is 4.12. The summed E-state index contributed by atoms with van der Waals surface area (Å²) in [5.74, 6) is 0.567. The molecule has 0 aliphatic rings. The van der Waals surface area contributed by atoms with E-state index in [2.05, 4.69) is 57.4 Å². The lowest BCUT2D eigenvalue weighted by atomic mass is 10.0. The van der Waals surface area contributed by atoms with Crippen molar-refractivity contribution in [2.75, 3.05) is 27.4 Å². The minimum absolute atomic E-state index is 0.0258. The Morgan fingerprint density at radius 2 is 1.52 bits per heavy atom. The van der Waals surface area contributed by atoms with Crippen LogP contribution in [0.15, 0.2) is 54.6 Å². The number of hydrogen-bond donors (Lipinski definition) is 0. The van der Waals surface area contributed by atoms with Gasteiger partial charge in [-0.1, -0.05) is 87.9 Å². The van der Waals surface area contributed by atoms with Gasteiger partial charge in [0, 0.05) is 12.0 Å². The third-order valence-corrected chi connectivity index (χ3v) is 6.01. The van der Waals surface area contributed by atoms with E-state index in [1.165, 1.54) is 56.1 Å². The summed E-state index contributed by atoms with van der Waals surface area (Å²) in [6.45, 7) is 4.10. The summed E-state index contributed by atoms with van der Waals surface area (Å²) < 4.78 is 11.8. The number of aryl methyl sites for hydroxylation is 1. The van der Waals surface area contributed by atoms with Gasteiger partial charge in [-0.3, -0.25) is 4.79 Å². The first-order chi connectivity index (χ1) is 16.0. The summed E-state index contributed by atoms with van der Waals surface area (Å²) in [4.78, 5) is 12.1. The standard InChI is InChI=1S/C29H44NO3/c1-4-5-6-7-8-9-11-16-26-19-14-20-28(23-26)32-25-33-29(31)21-15-22-30(2,3)24-27-17-12-10-13-18-27/h10,12-14,17-20,23H,4-9,11,15-16,21-22,24-25H2,1-3H3/q+1. The van der Waals surface area contributed by atoms with Crippen molar-refractivity contribution in [2.24, 2.45) is 0 Å². The van der Waals surface area contributed by atoms with Crippen LogP contribution in [0, 0.1) is 0 Å². The number of carbonyl (C=O) groups is 1.